The summed E-state index contributed by atoms with van der Waals surface area (Å²) in [6.07, 6.45) is 6.47. The third-order valence-corrected chi connectivity index (χ3v) is 8.12. The van der Waals surface area contributed by atoms with Crippen molar-refractivity contribution in [3.05, 3.63) is 82.9 Å². The fourth-order valence-corrected chi connectivity index (χ4v) is 5.89. The first-order valence-electron chi connectivity index (χ1n) is 14.0. The fourth-order valence-electron chi connectivity index (χ4n) is 5.89. The van der Waals surface area contributed by atoms with Crippen LogP contribution < -0.4 is 20.5 Å². The number of anilines is 1. The van der Waals surface area contributed by atoms with E-state index in [1.807, 2.05) is 17.0 Å². The summed E-state index contributed by atoms with van der Waals surface area (Å²) >= 11 is 0. The van der Waals surface area contributed by atoms with Gasteiger partial charge >= 0.3 is 12.6 Å². The maximum absolute atomic E-state index is 13.3. The van der Waals surface area contributed by atoms with E-state index in [2.05, 4.69) is 30.3 Å². The molecular weight excluding hydrogens is 574 g/mol. The van der Waals surface area contributed by atoms with Crippen molar-refractivity contribution in [3.63, 3.8) is 0 Å². The number of hydrogen-bond acceptors (Lipinski definition) is 8. The van der Waals surface area contributed by atoms with E-state index < -0.39 is 6.61 Å². The Balaban J connectivity index is 1.19. The first kappa shape index (κ1) is 27.5. The van der Waals surface area contributed by atoms with Crippen molar-refractivity contribution in [2.24, 2.45) is 7.05 Å². The molecular formula is C29H28F2N10O3. The molecule has 2 saturated heterocycles. The topological polar surface area (TPSA) is 128 Å². The first-order chi connectivity index (χ1) is 21.3. The average Bonchev–Trinajstić information content (AvgIpc) is 3.74. The molecule has 2 aliphatic heterocycles. The van der Waals surface area contributed by atoms with E-state index in [-0.39, 0.29) is 29.9 Å². The number of halogens is 2. The lowest BCUT2D eigenvalue weighted by Crippen LogP contribution is -2.52. The monoisotopic (exact) mass is 602 g/mol. The number of rotatable bonds is 8. The lowest BCUT2D eigenvalue weighted by Gasteiger charge is -2.36. The Labute approximate surface area is 249 Å². The van der Waals surface area contributed by atoms with Crippen LogP contribution in [0.1, 0.15) is 11.1 Å². The van der Waals surface area contributed by atoms with Crippen LogP contribution in [0, 0.1) is 0 Å². The Kier molecular flexibility index (Phi) is 6.91. The maximum Gasteiger partial charge on any atom is 0.387 e. The number of fused-ring (bicyclic) bond motifs is 2. The number of piperazine rings is 1. The minimum atomic E-state index is -3.00. The van der Waals surface area contributed by atoms with Gasteiger partial charge in [0.25, 0.3) is 5.56 Å². The number of hydrogen-bond donors (Lipinski definition) is 1. The molecule has 13 nitrogen and oxygen atoms in total. The van der Waals surface area contributed by atoms with Crippen LogP contribution in [0.15, 0.2) is 66.2 Å². The van der Waals surface area contributed by atoms with Crippen LogP contribution in [-0.4, -0.2) is 83.9 Å². The third-order valence-electron chi connectivity index (χ3n) is 8.12. The molecule has 1 N–H and O–H groups in total. The van der Waals surface area contributed by atoms with Gasteiger partial charge in [-0.3, -0.25) is 14.2 Å². The second-order valence-electron chi connectivity index (χ2n) is 10.8. The standard InChI is InChI=1S/C29H28F2N10O3/c1-37-26(42)23-4-3-19(21-10-33-28(34-11-21)38-6-7-40-22(15-38)12-35-29(40)43)9-24(23)41(37)14-20-8-18(13-39-17-32-16-36-39)2-5-25(20)44-27(30)31/h2-5,8-11,16-17,22,27H,6-7,12-15H2,1H3,(H,35,43)/t22-/m1/s1. The van der Waals surface area contributed by atoms with Crippen molar-refractivity contribution in [1.29, 1.82) is 0 Å². The SMILES string of the molecule is Cn1c(=O)c2ccc(-c3cnc(N4CCN5C(=O)NC[C@@H]5C4)nc3)cc2n1Cc1cc(Cn2cncn2)ccc1OC(F)F. The lowest BCUT2D eigenvalue weighted by atomic mass is 10.1. The summed E-state index contributed by atoms with van der Waals surface area (Å²) in [6.45, 7) is -0.00730. The smallest absolute Gasteiger partial charge is 0.387 e. The van der Waals surface area contributed by atoms with Gasteiger partial charge in [-0.25, -0.2) is 24.4 Å². The molecule has 0 unspecified atom stereocenters. The van der Waals surface area contributed by atoms with E-state index in [0.29, 0.717) is 55.1 Å². The lowest BCUT2D eigenvalue weighted by molar-refractivity contribution is -0.0505. The summed E-state index contributed by atoms with van der Waals surface area (Å²) in [7, 11) is 1.64. The molecule has 7 rings (SSSR count). The van der Waals surface area contributed by atoms with Gasteiger partial charge in [0, 0.05) is 56.7 Å². The molecule has 5 aromatic rings. The van der Waals surface area contributed by atoms with Gasteiger partial charge in [-0.1, -0.05) is 12.1 Å². The van der Waals surface area contributed by atoms with E-state index in [1.165, 1.54) is 17.1 Å². The van der Waals surface area contributed by atoms with Gasteiger partial charge in [0.2, 0.25) is 5.95 Å². The number of amides is 2. The highest BCUT2D eigenvalue weighted by Crippen LogP contribution is 2.28. The van der Waals surface area contributed by atoms with Gasteiger partial charge in [0.15, 0.2) is 0 Å². The number of carbonyl (C=O) groups excluding carboxylic acids is 1. The summed E-state index contributed by atoms with van der Waals surface area (Å²) in [5.74, 6) is 0.609. The van der Waals surface area contributed by atoms with Crippen molar-refractivity contribution in [1.82, 2.24) is 44.3 Å². The molecule has 0 bridgehead atoms. The van der Waals surface area contributed by atoms with Crippen molar-refractivity contribution in [2.45, 2.75) is 25.7 Å². The summed E-state index contributed by atoms with van der Waals surface area (Å²) in [6, 6.07) is 10.5. The highest BCUT2D eigenvalue weighted by Gasteiger charge is 2.36. The molecule has 15 heteroatoms. The number of aromatic nitrogens is 7. The van der Waals surface area contributed by atoms with Gasteiger partial charge < -0.3 is 19.9 Å². The summed E-state index contributed by atoms with van der Waals surface area (Å²) in [4.78, 5) is 42.2. The largest absolute Gasteiger partial charge is 0.434 e. The van der Waals surface area contributed by atoms with E-state index in [4.69, 9.17) is 4.74 Å². The zero-order valence-electron chi connectivity index (χ0n) is 23.7. The number of carbonyl (C=O) groups is 1. The number of urea groups is 1. The Morgan fingerprint density at radius 1 is 1.05 bits per heavy atom. The van der Waals surface area contributed by atoms with Crippen LogP contribution >= 0.6 is 0 Å². The maximum atomic E-state index is 13.3. The van der Waals surface area contributed by atoms with Gasteiger partial charge in [0.1, 0.15) is 18.4 Å². The predicted octanol–water partition coefficient (Wildman–Crippen LogP) is 2.30. The summed E-state index contributed by atoms with van der Waals surface area (Å²) < 4.78 is 36.3. The van der Waals surface area contributed by atoms with Gasteiger partial charge in [-0.2, -0.15) is 13.9 Å². The van der Waals surface area contributed by atoms with Crippen molar-refractivity contribution in [2.75, 3.05) is 31.1 Å². The van der Waals surface area contributed by atoms with Crippen LogP contribution in [0.5, 0.6) is 5.75 Å². The summed E-state index contributed by atoms with van der Waals surface area (Å²) in [5, 5.41) is 7.48. The molecule has 44 heavy (non-hydrogen) atoms. The molecule has 2 fully saturated rings. The molecule has 0 aliphatic carbocycles. The van der Waals surface area contributed by atoms with Crippen LogP contribution in [0.2, 0.25) is 0 Å². The fraction of sp³-hybridized carbons (Fsp3) is 0.310. The number of benzene rings is 2. The van der Waals surface area contributed by atoms with E-state index in [1.54, 1.807) is 53.3 Å². The Morgan fingerprint density at radius 2 is 1.89 bits per heavy atom. The number of nitrogens with one attached hydrogen (secondary N) is 1. The van der Waals surface area contributed by atoms with Crippen LogP contribution in [0.3, 0.4) is 0 Å². The first-order valence-corrected chi connectivity index (χ1v) is 14.0. The molecule has 5 heterocycles. The molecule has 2 amide bonds. The van der Waals surface area contributed by atoms with Gasteiger partial charge in [0.05, 0.1) is 30.0 Å². The summed E-state index contributed by atoms with van der Waals surface area (Å²) in [5.41, 5.74) is 3.25. The molecule has 1 atom stereocenters. The molecule has 0 spiro atoms. The van der Waals surface area contributed by atoms with Crippen molar-refractivity contribution >= 4 is 22.9 Å². The minimum absolute atomic E-state index is 0.0235. The molecule has 2 aliphatic rings. The highest BCUT2D eigenvalue weighted by atomic mass is 19.3. The van der Waals surface area contributed by atoms with E-state index >= 15 is 0 Å². The van der Waals surface area contributed by atoms with Crippen molar-refractivity contribution in [3.8, 4) is 16.9 Å². The average molecular weight is 603 g/mol. The van der Waals surface area contributed by atoms with Gasteiger partial charge in [-0.05, 0) is 35.4 Å². The molecule has 2 aromatic carbocycles. The zero-order valence-corrected chi connectivity index (χ0v) is 23.7. The van der Waals surface area contributed by atoms with Crippen LogP contribution in [-0.2, 0) is 20.1 Å². The van der Waals surface area contributed by atoms with E-state index in [9.17, 15) is 18.4 Å². The highest BCUT2D eigenvalue weighted by molar-refractivity contribution is 5.84. The van der Waals surface area contributed by atoms with Crippen molar-refractivity contribution < 1.29 is 18.3 Å². The van der Waals surface area contributed by atoms with Gasteiger partial charge in [-0.15, -0.1) is 0 Å². The van der Waals surface area contributed by atoms with Crippen LogP contribution in [0.25, 0.3) is 22.0 Å². The predicted molar refractivity (Wildman–Crippen MR) is 156 cm³/mol. The Bertz CT molecular complexity index is 1890. The quantitative estimate of drug-likeness (QED) is 0.287. The number of nitrogens with zero attached hydrogens (tertiary/aromatic N) is 9. The normalized spacial score (nSPS) is 16.5. The Hall–Kier alpha value is -5.34. The minimum Gasteiger partial charge on any atom is -0.434 e. The molecule has 3 aromatic heterocycles. The number of ether oxygens (including phenoxy) is 1. The van der Waals surface area contributed by atoms with E-state index in [0.717, 1.165) is 16.7 Å². The second-order valence-corrected chi connectivity index (χ2v) is 10.8. The van der Waals surface area contributed by atoms with Crippen LogP contribution in [0.4, 0.5) is 19.5 Å². The molecule has 0 saturated carbocycles. The second kappa shape index (κ2) is 11.1. The molecule has 0 radical (unpaired) electrons. The third kappa shape index (κ3) is 5.09. The Morgan fingerprint density at radius 3 is 2.66 bits per heavy atom. The zero-order chi connectivity index (χ0) is 30.4. The number of alkyl halides is 2. The molecule has 226 valence electrons.